The molecule has 3 rings (SSSR count). The summed E-state index contributed by atoms with van der Waals surface area (Å²) < 4.78 is 26.7. The van der Waals surface area contributed by atoms with E-state index < -0.39 is 16.0 Å². The molecule has 0 atom stereocenters. The Hall–Kier alpha value is -2.56. The number of hydrogen-bond acceptors (Lipinski definition) is 6. The summed E-state index contributed by atoms with van der Waals surface area (Å²) in [4.78, 5) is 29.6. The molecule has 130 valence electrons. The molecule has 0 saturated carbocycles. The van der Waals surface area contributed by atoms with E-state index in [1.54, 1.807) is 11.4 Å². The minimum Gasteiger partial charge on any atom is -0.478 e. The number of aromatic nitrogens is 2. The van der Waals surface area contributed by atoms with Gasteiger partial charge in [0.15, 0.2) is 0 Å². The SMILES string of the molecule is CN(Cc1nc2ccsc2c(=O)[nH]1)S(=O)(=O)c1ccc(C(=O)O)cc1. The summed E-state index contributed by atoms with van der Waals surface area (Å²) in [6, 6.07) is 6.60. The molecular weight excluding hydrogens is 366 g/mol. The minimum absolute atomic E-state index is 0.00416. The molecule has 0 aliphatic rings. The fraction of sp³-hybridized carbons (Fsp3) is 0.133. The van der Waals surface area contributed by atoms with Crippen LogP contribution < -0.4 is 5.56 Å². The van der Waals surface area contributed by atoms with Gasteiger partial charge in [-0.3, -0.25) is 4.79 Å². The van der Waals surface area contributed by atoms with Gasteiger partial charge in [-0.2, -0.15) is 4.31 Å². The largest absolute Gasteiger partial charge is 0.478 e. The molecule has 0 aliphatic heterocycles. The average Bonchev–Trinajstić information content (AvgIpc) is 3.04. The summed E-state index contributed by atoms with van der Waals surface area (Å²) in [5.41, 5.74) is 0.197. The van der Waals surface area contributed by atoms with E-state index in [1.165, 1.54) is 42.6 Å². The molecule has 0 amide bonds. The Morgan fingerprint density at radius 3 is 2.60 bits per heavy atom. The number of fused-ring (bicyclic) bond motifs is 1. The molecule has 2 N–H and O–H groups in total. The molecule has 0 aliphatic carbocycles. The fourth-order valence-electron chi connectivity index (χ4n) is 2.24. The average molecular weight is 379 g/mol. The van der Waals surface area contributed by atoms with Gasteiger partial charge in [-0.15, -0.1) is 11.3 Å². The molecule has 8 nitrogen and oxygen atoms in total. The number of carboxylic acids is 1. The number of nitrogens with one attached hydrogen (secondary N) is 1. The molecule has 0 radical (unpaired) electrons. The molecular formula is C15H13N3O5S2. The van der Waals surface area contributed by atoms with Crippen LogP contribution in [0.5, 0.6) is 0 Å². The van der Waals surface area contributed by atoms with E-state index in [4.69, 9.17) is 5.11 Å². The molecule has 0 saturated heterocycles. The number of sulfonamides is 1. The zero-order valence-electron chi connectivity index (χ0n) is 13.0. The van der Waals surface area contributed by atoms with Crippen molar-refractivity contribution in [1.82, 2.24) is 14.3 Å². The maximum Gasteiger partial charge on any atom is 0.335 e. The highest BCUT2D eigenvalue weighted by Crippen LogP contribution is 2.18. The summed E-state index contributed by atoms with van der Waals surface area (Å²) in [6.07, 6.45) is 0. The van der Waals surface area contributed by atoms with Crippen molar-refractivity contribution >= 4 is 37.5 Å². The zero-order chi connectivity index (χ0) is 18.2. The van der Waals surface area contributed by atoms with Crippen LogP contribution in [0, 0.1) is 0 Å². The molecule has 25 heavy (non-hydrogen) atoms. The van der Waals surface area contributed by atoms with Gasteiger partial charge in [0.2, 0.25) is 10.0 Å². The standard InChI is InChI=1S/C15H13N3O5S2/c1-18(8-12-16-11-6-7-24-13(11)14(19)17-12)25(22,23)10-4-2-9(3-5-10)15(20)21/h2-7H,8H2,1H3,(H,20,21)(H,16,17,19). The maximum absolute atomic E-state index is 12.6. The summed E-state index contributed by atoms with van der Waals surface area (Å²) in [5.74, 6) is -0.910. The normalized spacial score (nSPS) is 11.9. The molecule has 2 heterocycles. The Balaban J connectivity index is 1.88. The highest BCUT2D eigenvalue weighted by atomic mass is 32.2. The molecule has 0 unspecified atom stereocenters. The highest BCUT2D eigenvalue weighted by molar-refractivity contribution is 7.89. The lowest BCUT2D eigenvalue weighted by Gasteiger charge is -2.16. The van der Waals surface area contributed by atoms with Crippen molar-refractivity contribution in [3.63, 3.8) is 0 Å². The number of carboxylic acid groups (broad SMARTS) is 1. The van der Waals surface area contributed by atoms with Crippen LogP contribution in [0.4, 0.5) is 0 Å². The van der Waals surface area contributed by atoms with Crippen molar-refractivity contribution in [1.29, 1.82) is 0 Å². The van der Waals surface area contributed by atoms with Gasteiger partial charge in [0.1, 0.15) is 10.5 Å². The van der Waals surface area contributed by atoms with E-state index in [2.05, 4.69) is 9.97 Å². The van der Waals surface area contributed by atoms with E-state index in [0.717, 1.165) is 4.31 Å². The Kier molecular flexibility index (Phi) is 4.41. The van der Waals surface area contributed by atoms with Crippen LogP contribution >= 0.6 is 11.3 Å². The van der Waals surface area contributed by atoms with Crippen molar-refractivity contribution < 1.29 is 18.3 Å². The second-order valence-corrected chi connectivity index (χ2v) is 8.20. The number of hydrogen-bond donors (Lipinski definition) is 2. The molecule has 0 bridgehead atoms. The van der Waals surface area contributed by atoms with Gasteiger partial charge >= 0.3 is 5.97 Å². The number of aromatic amines is 1. The number of nitrogens with zero attached hydrogens (tertiary/aromatic N) is 2. The van der Waals surface area contributed by atoms with Gasteiger partial charge in [-0.1, -0.05) is 0 Å². The molecule has 0 fully saturated rings. The second-order valence-electron chi connectivity index (χ2n) is 5.24. The van der Waals surface area contributed by atoms with Crippen LogP contribution in [0.15, 0.2) is 45.4 Å². The first-order valence-corrected chi connectivity index (χ1v) is 9.37. The first kappa shape index (κ1) is 17.3. The fourth-order valence-corrected chi connectivity index (χ4v) is 4.10. The Labute approximate surface area is 146 Å². The topological polar surface area (TPSA) is 120 Å². The number of H-pyrrole nitrogens is 1. The predicted octanol–water partition coefficient (Wildman–Crippen LogP) is 1.50. The van der Waals surface area contributed by atoms with Crippen LogP contribution in [0.3, 0.4) is 0 Å². The van der Waals surface area contributed by atoms with Crippen molar-refractivity contribution in [2.45, 2.75) is 11.4 Å². The first-order chi connectivity index (χ1) is 11.8. The van der Waals surface area contributed by atoms with Crippen LogP contribution in [0.2, 0.25) is 0 Å². The van der Waals surface area contributed by atoms with Gasteiger partial charge in [-0.05, 0) is 35.7 Å². The van der Waals surface area contributed by atoms with Gasteiger partial charge in [0.25, 0.3) is 5.56 Å². The lowest BCUT2D eigenvalue weighted by Crippen LogP contribution is -2.28. The Morgan fingerprint density at radius 1 is 1.28 bits per heavy atom. The van der Waals surface area contributed by atoms with E-state index in [-0.39, 0.29) is 28.4 Å². The summed E-state index contributed by atoms with van der Waals surface area (Å²) >= 11 is 1.26. The van der Waals surface area contributed by atoms with Crippen LogP contribution in [-0.4, -0.2) is 40.8 Å². The van der Waals surface area contributed by atoms with Crippen molar-refractivity contribution in [2.24, 2.45) is 0 Å². The van der Waals surface area contributed by atoms with E-state index >= 15 is 0 Å². The smallest absolute Gasteiger partial charge is 0.335 e. The monoisotopic (exact) mass is 379 g/mol. The van der Waals surface area contributed by atoms with E-state index in [9.17, 15) is 18.0 Å². The van der Waals surface area contributed by atoms with Crippen LogP contribution in [0.25, 0.3) is 10.2 Å². The third-order valence-corrected chi connectivity index (χ3v) is 6.27. The van der Waals surface area contributed by atoms with Crippen LogP contribution in [0.1, 0.15) is 16.2 Å². The summed E-state index contributed by atoms with van der Waals surface area (Å²) in [6.45, 7) is -0.121. The second kappa shape index (κ2) is 6.39. The van der Waals surface area contributed by atoms with Gasteiger partial charge in [0.05, 0.1) is 22.5 Å². The first-order valence-electron chi connectivity index (χ1n) is 7.05. The molecule has 2 aromatic heterocycles. The number of aromatic carboxylic acids is 1. The molecule has 10 heteroatoms. The number of benzene rings is 1. The zero-order valence-corrected chi connectivity index (χ0v) is 14.6. The van der Waals surface area contributed by atoms with E-state index in [0.29, 0.717) is 10.2 Å². The summed E-state index contributed by atoms with van der Waals surface area (Å²) in [7, 11) is -2.49. The number of carbonyl (C=O) groups is 1. The van der Waals surface area contributed by atoms with E-state index in [1.807, 2.05) is 0 Å². The predicted molar refractivity (Wildman–Crippen MR) is 92.3 cm³/mol. The minimum atomic E-state index is -3.85. The van der Waals surface area contributed by atoms with Gasteiger partial charge < -0.3 is 10.1 Å². The quantitative estimate of drug-likeness (QED) is 0.693. The maximum atomic E-state index is 12.6. The molecule has 1 aromatic carbocycles. The van der Waals surface area contributed by atoms with Crippen LogP contribution in [-0.2, 0) is 16.6 Å². The summed E-state index contributed by atoms with van der Waals surface area (Å²) in [5, 5.41) is 10.6. The Bertz CT molecular complexity index is 1100. The number of rotatable bonds is 5. The lowest BCUT2D eigenvalue weighted by atomic mass is 10.2. The van der Waals surface area contributed by atoms with Crippen molar-refractivity contribution in [3.8, 4) is 0 Å². The third-order valence-electron chi connectivity index (χ3n) is 3.55. The van der Waals surface area contributed by atoms with Gasteiger partial charge in [0, 0.05) is 7.05 Å². The molecule has 0 spiro atoms. The van der Waals surface area contributed by atoms with Gasteiger partial charge in [-0.25, -0.2) is 18.2 Å². The lowest BCUT2D eigenvalue weighted by molar-refractivity contribution is 0.0696. The Morgan fingerprint density at radius 2 is 1.96 bits per heavy atom. The third kappa shape index (κ3) is 3.31. The molecule has 3 aromatic rings. The highest BCUT2D eigenvalue weighted by Gasteiger charge is 2.22. The van der Waals surface area contributed by atoms with Crippen molar-refractivity contribution in [2.75, 3.05) is 7.05 Å². The van der Waals surface area contributed by atoms with Crippen molar-refractivity contribution in [3.05, 3.63) is 57.5 Å². The number of thiophene rings is 1.